The van der Waals surface area contributed by atoms with Crippen molar-refractivity contribution in [1.82, 2.24) is 9.78 Å². The SMILES string of the molecule is Cc1csc(C(=O)Nc2c3c(nn2-c2cccc(Cl)c2)CSC3)c1. The van der Waals surface area contributed by atoms with Crippen molar-refractivity contribution in [1.29, 1.82) is 0 Å². The van der Waals surface area contributed by atoms with E-state index in [0.717, 1.165) is 39.8 Å². The second-order valence-corrected chi connectivity index (χ2v) is 7.93. The number of hydrogen-bond donors (Lipinski definition) is 1. The molecule has 4 nitrogen and oxygen atoms in total. The van der Waals surface area contributed by atoms with Crippen molar-refractivity contribution in [2.75, 3.05) is 5.32 Å². The first-order valence-corrected chi connectivity index (χ1v) is 9.84. The number of benzene rings is 1. The van der Waals surface area contributed by atoms with Crippen molar-refractivity contribution in [3.05, 3.63) is 62.4 Å². The Bertz CT molecular complexity index is 932. The molecule has 24 heavy (non-hydrogen) atoms. The molecule has 0 unspecified atom stereocenters. The molecule has 1 aromatic carbocycles. The minimum atomic E-state index is -0.101. The third-order valence-corrected chi connectivity index (χ3v) is 6.04. The van der Waals surface area contributed by atoms with E-state index in [1.807, 2.05) is 54.4 Å². The van der Waals surface area contributed by atoms with Crippen molar-refractivity contribution in [2.45, 2.75) is 18.4 Å². The van der Waals surface area contributed by atoms with E-state index in [1.54, 1.807) is 4.68 Å². The summed E-state index contributed by atoms with van der Waals surface area (Å²) in [7, 11) is 0. The number of anilines is 1. The number of rotatable bonds is 3. The summed E-state index contributed by atoms with van der Waals surface area (Å²) >= 11 is 9.37. The molecule has 3 aromatic rings. The van der Waals surface area contributed by atoms with Gasteiger partial charge >= 0.3 is 0 Å². The average molecular weight is 376 g/mol. The van der Waals surface area contributed by atoms with Crippen molar-refractivity contribution in [3.63, 3.8) is 0 Å². The summed E-state index contributed by atoms with van der Waals surface area (Å²) < 4.78 is 1.79. The van der Waals surface area contributed by atoms with E-state index in [0.29, 0.717) is 9.90 Å². The number of aromatic nitrogens is 2. The van der Waals surface area contributed by atoms with Gasteiger partial charge in [-0.05, 0) is 42.1 Å². The highest BCUT2D eigenvalue weighted by molar-refractivity contribution is 7.98. The predicted molar refractivity (Wildman–Crippen MR) is 101 cm³/mol. The van der Waals surface area contributed by atoms with Gasteiger partial charge in [-0.2, -0.15) is 16.9 Å². The second kappa shape index (κ2) is 6.27. The number of hydrogen-bond acceptors (Lipinski definition) is 4. The quantitative estimate of drug-likeness (QED) is 0.708. The number of nitrogens with one attached hydrogen (secondary N) is 1. The molecule has 0 saturated carbocycles. The molecule has 0 atom stereocenters. The van der Waals surface area contributed by atoms with Crippen LogP contribution in [0.25, 0.3) is 5.69 Å². The van der Waals surface area contributed by atoms with Gasteiger partial charge in [-0.3, -0.25) is 4.79 Å². The third kappa shape index (κ3) is 2.85. The van der Waals surface area contributed by atoms with E-state index in [4.69, 9.17) is 11.6 Å². The zero-order valence-electron chi connectivity index (χ0n) is 12.9. The molecule has 0 saturated heterocycles. The number of thiophene rings is 1. The number of nitrogens with zero attached hydrogens (tertiary/aromatic N) is 2. The number of halogens is 1. The summed E-state index contributed by atoms with van der Waals surface area (Å²) in [4.78, 5) is 13.3. The summed E-state index contributed by atoms with van der Waals surface area (Å²) in [6.07, 6.45) is 0. The highest BCUT2D eigenvalue weighted by Gasteiger charge is 2.25. The first-order chi connectivity index (χ1) is 11.6. The molecule has 1 N–H and O–H groups in total. The van der Waals surface area contributed by atoms with Crippen LogP contribution in [0.5, 0.6) is 0 Å². The highest BCUT2D eigenvalue weighted by Crippen LogP contribution is 2.36. The van der Waals surface area contributed by atoms with Gasteiger partial charge in [-0.15, -0.1) is 11.3 Å². The number of aryl methyl sites for hydroxylation is 1. The van der Waals surface area contributed by atoms with Gasteiger partial charge in [0, 0.05) is 22.1 Å². The van der Waals surface area contributed by atoms with Crippen LogP contribution in [0.2, 0.25) is 5.02 Å². The zero-order valence-corrected chi connectivity index (χ0v) is 15.3. The van der Waals surface area contributed by atoms with Crippen LogP contribution in [0.4, 0.5) is 5.82 Å². The molecule has 1 aliphatic rings. The molecule has 4 rings (SSSR count). The van der Waals surface area contributed by atoms with Crippen LogP contribution in [0, 0.1) is 6.92 Å². The van der Waals surface area contributed by atoms with Crippen LogP contribution >= 0.6 is 34.7 Å². The van der Waals surface area contributed by atoms with E-state index in [9.17, 15) is 4.79 Å². The van der Waals surface area contributed by atoms with Gasteiger partial charge in [0.25, 0.3) is 5.91 Å². The monoisotopic (exact) mass is 375 g/mol. The number of thioether (sulfide) groups is 1. The normalized spacial score (nSPS) is 13.1. The van der Waals surface area contributed by atoms with Gasteiger partial charge in [0.2, 0.25) is 0 Å². The van der Waals surface area contributed by atoms with Gasteiger partial charge in [0.05, 0.1) is 16.3 Å². The third-order valence-electron chi connectivity index (χ3n) is 3.79. The van der Waals surface area contributed by atoms with Gasteiger partial charge in [-0.25, -0.2) is 4.68 Å². The largest absolute Gasteiger partial charge is 0.305 e. The molecule has 0 spiro atoms. The maximum Gasteiger partial charge on any atom is 0.266 e. The highest BCUT2D eigenvalue weighted by atomic mass is 35.5. The van der Waals surface area contributed by atoms with E-state index in [2.05, 4.69) is 10.4 Å². The molecule has 0 aliphatic carbocycles. The van der Waals surface area contributed by atoms with E-state index < -0.39 is 0 Å². The lowest BCUT2D eigenvalue weighted by Crippen LogP contribution is -2.15. The smallest absolute Gasteiger partial charge is 0.266 e. The van der Waals surface area contributed by atoms with Crippen molar-refractivity contribution in [2.24, 2.45) is 0 Å². The molecule has 1 amide bonds. The van der Waals surface area contributed by atoms with Gasteiger partial charge in [-0.1, -0.05) is 17.7 Å². The Kier molecular flexibility index (Phi) is 4.12. The predicted octanol–water partition coefficient (Wildman–Crippen LogP) is 4.89. The molecule has 0 bridgehead atoms. The first-order valence-electron chi connectivity index (χ1n) is 7.43. The number of amides is 1. The van der Waals surface area contributed by atoms with Crippen LogP contribution in [-0.2, 0) is 11.5 Å². The van der Waals surface area contributed by atoms with Gasteiger partial charge in [0.1, 0.15) is 5.82 Å². The summed E-state index contributed by atoms with van der Waals surface area (Å²) in [6.45, 7) is 1.98. The lowest BCUT2D eigenvalue weighted by molar-refractivity contribution is 0.102. The summed E-state index contributed by atoms with van der Waals surface area (Å²) in [5, 5.41) is 10.4. The lowest BCUT2D eigenvalue weighted by atomic mass is 10.2. The molecular formula is C17H14ClN3OS2. The van der Waals surface area contributed by atoms with Crippen LogP contribution in [0.15, 0.2) is 35.7 Å². The Hall–Kier alpha value is -1.76. The molecule has 0 fully saturated rings. The maximum absolute atomic E-state index is 12.6. The fraction of sp³-hybridized carbons (Fsp3) is 0.176. The van der Waals surface area contributed by atoms with Gasteiger partial charge in [0.15, 0.2) is 0 Å². The molecule has 3 heterocycles. The van der Waals surface area contributed by atoms with E-state index in [1.165, 1.54) is 11.3 Å². The van der Waals surface area contributed by atoms with E-state index in [-0.39, 0.29) is 5.91 Å². The van der Waals surface area contributed by atoms with Crippen molar-refractivity contribution < 1.29 is 4.79 Å². The Balaban J connectivity index is 1.75. The second-order valence-electron chi connectivity index (χ2n) is 5.60. The standard InChI is InChI=1S/C17H14ClN3OS2/c1-10-5-15(24-7-10)17(22)19-16-13-8-23-9-14(13)20-21(16)12-4-2-3-11(18)6-12/h2-7H,8-9H2,1H3,(H,19,22). The number of carbonyl (C=O) groups excluding carboxylic acids is 1. The van der Waals surface area contributed by atoms with Crippen LogP contribution in [-0.4, -0.2) is 15.7 Å². The number of carbonyl (C=O) groups is 1. The fourth-order valence-electron chi connectivity index (χ4n) is 2.66. The maximum atomic E-state index is 12.6. The minimum absolute atomic E-state index is 0.101. The first kappa shape index (κ1) is 15.7. The lowest BCUT2D eigenvalue weighted by Gasteiger charge is -2.10. The molecule has 1 aliphatic heterocycles. The van der Waals surface area contributed by atoms with Crippen molar-refractivity contribution in [3.8, 4) is 5.69 Å². The Morgan fingerprint density at radius 1 is 1.33 bits per heavy atom. The average Bonchev–Trinajstić information content (AvgIpc) is 3.24. The van der Waals surface area contributed by atoms with E-state index >= 15 is 0 Å². The molecule has 0 radical (unpaired) electrons. The molecule has 2 aromatic heterocycles. The Morgan fingerprint density at radius 2 is 2.21 bits per heavy atom. The van der Waals surface area contributed by atoms with Crippen LogP contribution in [0.3, 0.4) is 0 Å². The topological polar surface area (TPSA) is 46.9 Å². The Labute approximate surface area is 152 Å². The number of fused-ring (bicyclic) bond motifs is 1. The van der Waals surface area contributed by atoms with Crippen molar-refractivity contribution >= 4 is 46.4 Å². The molecule has 122 valence electrons. The van der Waals surface area contributed by atoms with Crippen LogP contribution < -0.4 is 5.32 Å². The summed E-state index contributed by atoms with van der Waals surface area (Å²) in [5.41, 5.74) is 4.06. The molecular weight excluding hydrogens is 362 g/mol. The summed E-state index contributed by atoms with van der Waals surface area (Å²) in [5.74, 6) is 2.36. The van der Waals surface area contributed by atoms with Gasteiger partial charge < -0.3 is 5.32 Å². The van der Waals surface area contributed by atoms with Crippen LogP contribution in [0.1, 0.15) is 26.5 Å². The fourth-order valence-corrected chi connectivity index (χ4v) is 4.67. The summed E-state index contributed by atoms with van der Waals surface area (Å²) in [6, 6.07) is 9.39. The molecule has 7 heteroatoms. The zero-order chi connectivity index (χ0) is 16.7. The minimum Gasteiger partial charge on any atom is -0.305 e. The Morgan fingerprint density at radius 3 is 2.96 bits per heavy atom.